The van der Waals surface area contributed by atoms with E-state index in [9.17, 15) is 4.79 Å². The molecule has 7 heteroatoms. The molecule has 0 fully saturated rings. The number of carbonyl (C=O) groups excluding carboxylic acids is 1. The van der Waals surface area contributed by atoms with E-state index in [1.165, 1.54) is 5.56 Å². The Hall–Kier alpha value is -4.00. The van der Waals surface area contributed by atoms with Crippen molar-refractivity contribution in [3.63, 3.8) is 0 Å². The van der Waals surface area contributed by atoms with Gasteiger partial charge in [-0.3, -0.25) is 4.79 Å². The van der Waals surface area contributed by atoms with Crippen LogP contribution in [0.4, 0.5) is 0 Å². The van der Waals surface area contributed by atoms with Crippen molar-refractivity contribution in [3.05, 3.63) is 89.9 Å². The van der Waals surface area contributed by atoms with Crippen LogP contribution in [0, 0.1) is 6.92 Å². The molecule has 0 N–H and O–H groups in total. The molecule has 1 amide bonds. The lowest BCUT2D eigenvalue weighted by Crippen LogP contribution is -2.31. The van der Waals surface area contributed by atoms with Crippen molar-refractivity contribution in [2.75, 3.05) is 13.7 Å². The summed E-state index contributed by atoms with van der Waals surface area (Å²) in [7, 11) is 1.60. The van der Waals surface area contributed by atoms with Crippen LogP contribution in [-0.4, -0.2) is 38.9 Å². The molecular formula is C25H24N4O3. The highest BCUT2D eigenvalue weighted by molar-refractivity contribution is 5.78. The molecule has 0 saturated carbocycles. The molecule has 0 spiro atoms. The van der Waals surface area contributed by atoms with Crippen molar-refractivity contribution in [2.45, 2.75) is 20.0 Å². The van der Waals surface area contributed by atoms with Gasteiger partial charge in [0.2, 0.25) is 0 Å². The van der Waals surface area contributed by atoms with Crippen LogP contribution >= 0.6 is 0 Å². The Morgan fingerprint density at radius 1 is 1.00 bits per heavy atom. The average molecular weight is 428 g/mol. The van der Waals surface area contributed by atoms with Gasteiger partial charge in [-0.2, -0.15) is 5.10 Å². The number of hydrogen-bond donors (Lipinski definition) is 0. The first-order chi connectivity index (χ1) is 15.6. The van der Waals surface area contributed by atoms with Crippen LogP contribution < -0.4 is 9.47 Å². The zero-order valence-corrected chi connectivity index (χ0v) is 18.1. The van der Waals surface area contributed by atoms with Gasteiger partial charge in [0, 0.05) is 24.0 Å². The minimum atomic E-state index is -0.0776. The van der Waals surface area contributed by atoms with Gasteiger partial charge in [0.15, 0.2) is 6.61 Å². The predicted molar refractivity (Wildman–Crippen MR) is 120 cm³/mol. The maximum Gasteiger partial charge on any atom is 0.261 e. The van der Waals surface area contributed by atoms with E-state index in [-0.39, 0.29) is 12.5 Å². The minimum absolute atomic E-state index is 0.0335. The van der Waals surface area contributed by atoms with Gasteiger partial charge in [0.25, 0.3) is 5.91 Å². The summed E-state index contributed by atoms with van der Waals surface area (Å²) >= 11 is 0. The largest absolute Gasteiger partial charge is 0.497 e. The normalized spacial score (nSPS) is 12.6. The lowest BCUT2D eigenvalue weighted by Gasteiger charge is -2.18. The molecule has 3 heterocycles. The molecule has 2 aromatic heterocycles. The summed E-state index contributed by atoms with van der Waals surface area (Å²) in [4.78, 5) is 14.6. The number of hydrogen-bond acceptors (Lipinski definition) is 4. The van der Waals surface area contributed by atoms with Gasteiger partial charge in [-0.15, -0.1) is 0 Å². The molecular weight excluding hydrogens is 404 g/mol. The Kier molecular flexibility index (Phi) is 5.15. The van der Waals surface area contributed by atoms with E-state index in [4.69, 9.17) is 14.6 Å². The van der Waals surface area contributed by atoms with Crippen LogP contribution in [0.1, 0.15) is 16.8 Å². The lowest BCUT2D eigenvalue weighted by molar-refractivity contribution is -0.134. The number of benzene rings is 2. The molecule has 5 rings (SSSR count). The Morgan fingerprint density at radius 2 is 1.75 bits per heavy atom. The predicted octanol–water partition coefficient (Wildman–Crippen LogP) is 3.90. The highest BCUT2D eigenvalue weighted by Gasteiger charge is 2.31. The van der Waals surface area contributed by atoms with Crippen molar-refractivity contribution in [1.29, 1.82) is 0 Å². The van der Waals surface area contributed by atoms with Crippen molar-refractivity contribution >= 4 is 5.91 Å². The van der Waals surface area contributed by atoms with Gasteiger partial charge in [0.1, 0.15) is 17.3 Å². The fraction of sp³-hybridized carbons (Fsp3) is 0.200. The van der Waals surface area contributed by atoms with Crippen LogP contribution in [0.5, 0.6) is 11.5 Å². The molecule has 0 aliphatic carbocycles. The molecule has 7 nitrogen and oxygen atoms in total. The monoisotopic (exact) mass is 428 g/mol. The third-order valence-corrected chi connectivity index (χ3v) is 5.61. The maximum atomic E-state index is 12.9. The van der Waals surface area contributed by atoms with Gasteiger partial charge in [-0.1, -0.05) is 23.8 Å². The van der Waals surface area contributed by atoms with Crippen molar-refractivity contribution < 1.29 is 14.3 Å². The molecule has 4 aromatic rings. The van der Waals surface area contributed by atoms with Gasteiger partial charge < -0.3 is 18.9 Å². The number of rotatable bonds is 6. The zero-order chi connectivity index (χ0) is 22.1. The van der Waals surface area contributed by atoms with Crippen molar-refractivity contribution in [2.24, 2.45) is 0 Å². The van der Waals surface area contributed by atoms with E-state index in [0.29, 0.717) is 24.6 Å². The van der Waals surface area contributed by atoms with Crippen LogP contribution in [0.3, 0.4) is 0 Å². The van der Waals surface area contributed by atoms with Gasteiger partial charge in [-0.25, -0.2) is 4.68 Å². The summed E-state index contributed by atoms with van der Waals surface area (Å²) in [6.07, 6.45) is 4.00. The first kappa shape index (κ1) is 19.9. The molecule has 1 aliphatic heterocycles. The smallest absolute Gasteiger partial charge is 0.261 e. The van der Waals surface area contributed by atoms with Crippen molar-refractivity contribution in [1.82, 2.24) is 19.2 Å². The van der Waals surface area contributed by atoms with E-state index >= 15 is 0 Å². The number of carbonyl (C=O) groups is 1. The lowest BCUT2D eigenvalue weighted by atomic mass is 10.2. The van der Waals surface area contributed by atoms with Crippen molar-refractivity contribution in [3.8, 4) is 23.0 Å². The number of ether oxygens (including phenoxy) is 2. The summed E-state index contributed by atoms with van der Waals surface area (Å²) < 4.78 is 14.9. The number of methoxy groups -OCH3 is 1. The molecule has 2 aromatic carbocycles. The molecule has 0 radical (unpaired) electrons. The molecule has 1 aliphatic rings. The third kappa shape index (κ3) is 3.73. The molecule has 0 atom stereocenters. The van der Waals surface area contributed by atoms with Gasteiger partial charge in [0.05, 0.1) is 31.6 Å². The van der Waals surface area contributed by atoms with E-state index in [1.54, 1.807) is 18.1 Å². The fourth-order valence-electron chi connectivity index (χ4n) is 3.91. The first-order valence-corrected chi connectivity index (χ1v) is 10.5. The Balaban J connectivity index is 1.37. The molecule has 162 valence electrons. The zero-order valence-electron chi connectivity index (χ0n) is 18.1. The maximum absolute atomic E-state index is 12.9. The molecule has 0 saturated heterocycles. The fourth-order valence-corrected chi connectivity index (χ4v) is 3.91. The second-order valence-electron chi connectivity index (χ2n) is 7.80. The standard InChI is InChI=1S/C25H24N4O3/c1-18-8-10-19(11-9-18)29-25(27-12-3-4-13-27)22-15-28(16-23(22)26-29)24(30)17-32-21-7-5-6-20(14-21)31-2/h3-14H,15-17H2,1-2H3. The minimum Gasteiger partial charge on any atom is -0.497 e. The highest BCUT2D eigenvalue weighted by atomic mass is 16.5. The highest BCUT2D eigenvalue weighted by Crippen LogP contribution is 2.30. The van der Waals surface area contributed by atoms with Gasteiger partial charge in [-0.05, 0) is 43.3 Å². The number of aryl methyl sites for hydroxylation is 1. The van der Waals surface area contributed by atoms with E-state index in [2.05, 4.69) is 31.2 Å². The Morgan fingerprint density at radius 3 is 2.50 bits per heavy atom. The van der Waals surface area contributed by atoms with Crippen LogP contribution in [0.2, 0.25) is 0 Å². The number of nitrogens with zero attached hydrogens (tertiary/aromatic N) is 4. The SMILES string of the molecule is COc1cccc(OCC(=O)N2Cc3nn(-c4ccc(C)cc4)c(-n4cccc4)c3C2)c1. The summed E-state index contributed by atoms with van der Waals surface area (Å²) in [5, 5.41) is 4.86. The van der Waals surface area contributed by atoms with Crippen LogP contribution in [0.15, 0.2) is 73.1 Å². The second-order valence-corrected chi connectivity index (χ2v) is 7.80. The summed E-state index contributed by atoms with van der Waals surface area (Å²) in [6, 6.07) is 19.5. The Labute approximate surface area is 186 Å². The molecule has 32 heavy (non-hydrogen) atoms. The molecule has 0 unspecified atom stereocenters. The van der Waals surface area contributed by atoms with Crippen LogP contribution in [-0.2, 0) is 17.9 Å². The van der Waals surface area contributed by atoms with Gasteiger partial charge >= 0.3 is 0 Å². The first-order valence-electron chi connectivity index (χ1n) is 10.5. The molecule has 0 bridgehead atoms. The Bertz CT molecular complexity index is 1240. The topological polar surface area (TPSA) is 61.5 Å². The number of amides is 1. The third-order valence-electron chi connectivity index (χ3n) is 5.61. The van der Waals surface area contributed by atoms with Crippen LogP contribution in [0.25, 0.3) is 11.5 Å². The second kappa shape index (κ2) is 8.26. The van der Waals surface area contributed by atoms with E-state index < -0.39 is 0 Å². The summed E-state index contributed by atoms with van der Waals surface area (Å²) in [6.45, 7) is 2.99. The summed E-state index contributed by atoms with van der Waals surface area (Å²) in [5.74, 6) is 2.17. The number of aromatic nitrogens is 3. The summed E-state index contributed by atoms with van der Waals surface area (Å²) in [5.41, 5.74) is 4.15. The van der Waals surface area contributed by atoms with E-state index in [1.807, 2.05) is 52.0 Å². The average Bonchev–Trinajstić information content (AvgIpc) is 3.54. The van der Waals surface area contributed by atoms with E-state index in [0.717, 1.165) is 22.8 Å². The quantitative estimate of drug-likeness (QED) is 0.467. The number of fused-ring (bicyclic) bond motifs is 1.